The smallest absolute Gasteiger partial charge is 0.268 e. The van der Waals surface area contributed by atoms with Gasteiger partial charge in [-0.1, -0.05) is 18.2 Å². The Morgan fingerprint density at radius 2 is 1.77 bits per heavy atom. The fourth-order valence-electron chi connectivity index (χ4n) is 3.16. The van der Waals surface area contributed by atoms with E-state index in [9.17, 15) is 0 Å². The number of aromatic nitrogens is 5. The maximum Gasteiger partial charge on any atom is 0.268 e. The second-order valence-corrected chi connectivity index (χ2v) is 7.41. The van der Waals surface area contributed by atoms with E-state index in [1.807, 2.05) is 49.5 Å². The maximum absolute atomic E-state index is 5.88. The van der Waals surface area contributed by atoms with Crippen LogP contribution in [-0.2, 0) is 6.42 Å². The number of hydrogen-bond donors (Lipinski definition) is 0. The zero-order valence-corrected chi connectivity index (χ0v) is 17.4. The lowest BCUT2D eigenvalue weighted by Gasteiger charge is -2.09. The van der Waals surface area contributed by atoms with Crippen molar-refractivity contribution in [3.05, 3.63) is 66.2 Å². The molecule has 0 aliphatic carbocycles. The standard InChI is InChI=1S/C23H24N6O.H2/c1-16-21(23-28-27-22(30-23)17-8-5-4-6-9-17)26-20(15-25-16)18-11-12-24-19(14-18)10-7-13-29(2)3;/h4-6,8-9,11-12,14-15H,7,10,13H2,1-3H3;1H. The summed E-state index contributed by atoms with van der Waals surface area (Å²) in [4.78, 5) is 16.0. The molecule has 0 N–H and O–H groups in total. The van der Waals surface area contributed by atoms with Crippen LogP contribution in [0.15, 0.2) is 59.3 Å². The van der Waals surface area contributed by atoms with E-state index in [4.69, 9.17) is 9.40 Å². The summed E-state index contributed by atoms with van der Waals surface area (Å²) in [7, 11) is 4.15. The number of aryl methyl sites for hydroxylation is 2. The van der Waals surface area contributed by atoms with E-state index >= 15 is 0 Å². The van der Waals surface area contributed by atoms with Crippen LogP contribution in [0.3, 0.4) is 0 Å². The highest BCUT2D eigenvalue weighted by Crippen LogP contribution is 2.26. The summed E-state index contributed by atoms with van der Waals surface area (Å²) in [6.07, 6.45) is 5.56. The van der Waals surface area contributed by atoms with Crippen molar-refractivity contribution in [2.24, 2.45) is 0 Å². The first-order valence-corrected chi connectivity index (χ1v) is 9.93. The lowest BCUT2D eigenvalue weighted by Crippen LogP contribution is -2.13. The predicted molar refractivity (Wildman–Crippen MR) is 118 cm³/mol. The molecule has 7 nitrogen and oxygen atoms in total. The van der Waals surface area contributed by atoms with Gasteiger partial charge in [-0.25, -0.2) is 4.98 Å². The van der Waals surface area contributed by atoms with Crippen LogP contribution in [0.25, 0.3) is 34.3 Å². The van der Waals surface area contributed by atoms with Crippen LogP contribution in [-0.4, -0.2) is 50.7 Å². The number of hydrogen-bond acceptors (Lipinski definition) is 7. The second kappa shape index (κ2) is 8.92. The second-order valence-electron chi connectivity index (χ2n) is 7.41. The summed E-state index contributed by atoms with van der Waals surface area (Å²) in [5, 5.41) is 8.37. The maximum atomic E-state index is 5.88. The highest BCUT2D eigenvalue weighted by Gasteiger charge is 2.16. The van der Waals surface area contributed by atoms with Gasteiger partial charge in [0.05, 0.1) is 17.6 Å². The van der Waals surface area contributed by atoms with Gasteiger partial charge in [-0.05, 0) is 64.7 Å². The van der Waals surface area contributed by atoms with Gasteiger partial charge in [-0.2, -0.15) is 0 Å². The van der Waals surface area contributed by atoms with Crippen molar-refractivity contribution in [1.29, 1.82) is 0 Å². The Morgan fingerprint density at radius 1 is 0.967 bits per heavy atom. The van der Waals surface area contributed by atoms with Gasteiger partial charge in [-0.15, -0.1) is 10.2 Å². The van der Waals surface area contributed by atoms with Crippen LogP contribution >= 0.6 is 0 Å². The highest BCUT2D eigenvalue weighted by molar-refractivity contribution is 5.63. The minimum Gasteiger partial charge on any atom is -0.415 e. The molecule has 4 aromatic rings. The quantitative estimate of drug-likeness (QED) is 0.456. The summed E-state index contributed by atoms with van der Waals surface area (Å²) in [5.41, 5.74) is 4.97. The fraction of sp³-hybridized carbons (Fsp3) is 0.261. The first-order valence-electron chi connectivity index (χ1n) is 9.93. The summed E-state index contributed by atoms with van der Waals surface area (Å²) in [6, 6.07) is 13.7. The van der Waals surface area contributed by atoms with E-state index in [0.717, 1.165) is 47.6 Å². The van der Waals surface area contributed by atoms with Crippen molar-refractivity contribution in [2.45, 2.75) is 19.8 Å². The van der Waals surface area contributed by atoms with Gasteiger partial charge >= 0.3 is 0 Å². The molecule has 7 heteroatoms. The Hall–Kier alpha value is -3.45. The molecule has 0 amide bonds. The Bertz CT molecular complexity index is 1130. The van der Waals surface area contributed by atoms with Crippen LogP contribution in [0, 0.1) is 6.92 Å². The van der Waals surface area contributed by atoms with Gasteiger partial charge in [0.2, 0.25) is 5.89 Å². The van der Waals surface area contributed by atoms with Crippen molar-refractivity contribution in [2.75, 3.05) is 20.6 Å². The monoisotopic (exact) mass is 402 g/mol. The average molecular weight is 403 g/mol. The summed E-state index contributed by atoms with van der Waals surface area (Å²) in [5.74, 6) is 0.824. The molecule has 0 aliphatic rings. The Balaban J connectivity index is 0.00000272. The van der Waals surface area contributed by atoms with Crippen molar-refractivity contribution in [3.8, 4) is 34.3 Å². The minimum atomic E-state index is 0. The molecule has 0 fully saturated rings. The zero-order valence-electron chi connectivity index (χ0n) is 17.4. The molecule has 0 saturated carbocycles. The molecule has 0 atom stereocenters. The third kappa shape index (κ3) is 4.58. The molecule has 0 spiro atoms. The summed E-state index contributed by atoms with van der Waals surface area (Å²) >= 11 is 0. The molecule has 30 heavy (non-hydrogen) atoms. The summed E-state index contributed by atoms with van der Waals surface area (Å²) in [6.45, 7) is 2.92. The molecule has 154 valence electrons. The molecular formula is C23H26N6O. The van der Waals surface area contributed by atoms with Crippen LogP contribution in [0.4, 0.5) is 0 Å². The Morgan fingerprint density at radius 3 is 2.57 bits per heavy atom. The van der Waals surface area contributed by atoms with Crippen molar-refractivity contribution in [3.63, 3.8) is 0 Å². The van der Waals surface area contributed by atoms with Gasteiger partial charge in [0.25, 0.3) is 5.89 Å². The molecule has 4 rings (SSSR count). The highest BCUT2D eigenvalue weighted by atomic mass is 16.4. The molecule has 0 unspecified atom stereocenters. The molecule has 3 heterocycles. The van der Waals surface area contributed by atoms with E-state index in [2.05, 4.69) is 45.2 Å². The van der Waals surface area contributed by atoms with Crippen LogP contribution < -0.4 is 0 Å². The van der Waals surface area contributed by atoms with Gasteiger partial charge in [0, 0.05) is 24.4 Å². The third-order valence-electron chi connectivity index (χ3n) is 4.75. The number of pyridine rings is 1. The fourth-order valence-corrected chi connectivity index (χ4v) is 3.16. The molecular weight excluding hydrogens is 376 g/mol. The number of rotatable bonds is 7. The zero-order chi connectivity index (χ0) is 20.9. The summed E-state index contributed by atoms with van der Waals surface area (Å²) < 4.78 is 5.88. The van der Waals surface area contributed by atoms with Gasteiger partial charge in [0.15, 0.2) is 0 Å². The SMILES string of the molecule is Cc1ncc(-c2ccnc(CCCN(C)C)c2)nc1-c1nnc(-c2ccccc2)o1.[HH]. The van der Waals surface area contributed by atoms with E-state index < -0.39 is 0 Å². The largest absolute Gasteiger partial charge is 0.415 e. The molecule has 3 aromatic heterocycles. The Labute approximate surface area is 177 Å². The third-order valence-corrected chi connectivity index (χ3v) is 4.75. The normalized spacial score (nSPS) is 11.2. The number of nitrogens with zero attached hydrogens (tertiary/aromatic N) is 6. The molecule has 0 bridgehead atoms. The van der Waals surface area contributed by atoms with Gasteiger partial charge in [0.1, 0.15) is 5.69 Å². The molecule has 0 radical (unpaired) electrons. The molecule has 1 aromatic carbocycles. The lowest BCUT2D eigenvalue weighted by atomic mass is 10.1. The first kappa shape index (κ1) is 19.8. The first-order chi connectivity index (χ1) is 14.6. The van der Waals surface area contributed by atoms with Crippen LogP contribution in [0.5, 0.6) is 0 Å². The minimum absolute atomic E-state index is 0. The van der Waals surface area contributed by atoms with E-state index in [-0.39, 0.29) is 1.43 Å². The van der Waals surface area contributed by atoms with Crippen molar-refractivity contribution in [1.82, 2.24) is 30.0 Å². The molecule has 0 aliphatic heterocycles. The van der Waals surface area contributed by atoms with E-state index in [1.54, 1.807) is 6.20 Å². The predicted octanol–water partition coefficient (Wildman–Crippen LogP) is 4.30. The van der Waals surface area contributed by atoms with Gasteiger partial charge in [-0.3, -0.25) is 9.97 Å². The average Bonchev–Trinajstić information content (AvgIpc) is 3.25. The van der Waals surface area contributed by atoms with Crippen molar-refractivity contribution < 1.29 is 5.84 Å². The van der Waals surface area contributed by atoms with Crippen LogP contribution in [0.2, 0.25) is 0 Å². The topological polar surface area (TPSA) is 80.8 Å². The van der Waals surface area contributed by atoms with Crippen LogP contribution in [0.1, 0.15) is 19.2 Å². The Kier molecular flexibility index (Phi) is 5.90. The van der Waals surface area contributed by atoms with E-state index in [0.29, 0.717) is 17.5 Å². The number of benzene rings is 1. The molecule has 0 saturated heterocycles. The van der Waals surface area contributed by atoms with Crippen molar-refractivity contribution >= 4 is 0 Å². The van der Waals surface area contributed by atoms with E-state index in [1.165, 1.54) is 0 Å². The van der Waals surface area contributed by atoms with Gasteiger partial charge < -0.3 is 9.32 Å². The lowest BCUT2D eigenvalue weighted by molar-refractivity contribution is 0.399.